The lowest BCUT2D eigenvalue weighted by Crippen LogP contribution is -2.39. The number of carbonyl (C=O) groups is 2. The van der Waals surface area contributed by atoms with E-state index in [0.717, 1.165) is 5.56 Å². The standard InChI is InChI=1S/C23H22N2O5S/c1-4-30-22(27)18-19(14-9-6-5-7-10-14)24-23-25(17(26)13-31-23)20(18)15-11-8-12-16(28-2)21(15)29-3/h5-12,20H,4,13H2,1-3H3/t20-/m1/s1. The van der Waals surface area contributed by atoms with Crippen LogP contribution in [0.1, 0.15) is 24.1 Å². The van der Waals surface area contributed by atoms with E-state index in [-0.39, 0.29) is 18.3 Å². The first-order valence-electron chi connectivity index (χ1n) is 9.81. The molecule has 0 N–H and O–H groups in total. The first kappa shape index (κ1) is 21.0. The Morgan fingerprint density at radius 2 is 1.90 bits per heavy atom. The minimum absolute atomic E-state index is 0.132. The van der Waals surface area contributed by atoms with Gasteiger partial charge in [0.1, 0.15) is 6.04 Å². The third-order valence-electron chi connectivity index (χ3n) is 5.06. The van der Waals surface area contributed by atoms with Crippen LogP contribution in [0, 0.1) is 0 Å². The van der Waals surface area contributed by atoms with Gasteiger partial charge < -0.3 is 14.2 Å². The van der Waals surface area contributed by atoms with Crippen LogP contribution in [-0.4, -0.2) is 48.5 Å². The molecule has 7 nitrogen and oxygen atoms in total. The maximum atomic E-state index is 13.2. The molecule has 2 aliphatic rings. The molecule has 1 amide bonds. The lowest BCUT2D eigenvalue weighted by Gasteiger charge is -2.34. The lowest BCUT2D eigenvalue weighted by atomic mass is 9.91. The molecule has 2 aromatic carbocycles. The van der Waals surface area contributed by atoms with Crippen LogP contribution >= 0.6 is 11.8 Å². The van der Waals surface area contributed by atoms with Crippen LogP contribution in [-0.2, 0) is 14.3 Å². The highest BCUT2D eigenvalue weighted by Crippen LogP contribution is 2.47. The van der Waals surface area contributed by atoms with Gasteiger partial charge in [0.25, 0.3) is 0 Å². The number of methoxy groups -OCH3 is 2. The summed E-state index contributed by atoms with van der Waals surface area (Å²) >= 11 is 1.35. The van der Waals surface area contributed by atoms with Gasteiger partial charge in [0.15, 0.2) is 16.7 Å². The smallest absolute Gasteiger partial charge is 0.338 e. The number of amidine groups is 1. The van der Waals surface area contributed by atoms with Crippen molar-refractivity contribution in [3.05, 3.63) is 65.2 Å². The summed E-state index contributed by atoms with van der Waals surface area (Å²) in [6, 6.07) is 14.1. The van der Waals surface area contributed by atoms with Crippen LogP contribution in [0.2, 0.25) is 0 Å². The largest absolute Gasteiger partial charge is 0.493 e. The molecular weight excluding hydrogens is 416 g/mol. The van der Waals surface area contributed by atoms with E-state index in [2.05, 4.69) is 0 Å². The number of aliphatic imine (C=N–C) groups is 1. The van der Waals surface area contributed by atoms with E-state index in [4.69, 9.17) is 19.2 Å². The van der Waals surface area contributed by atoms with Crippen molar-refractivity contribution in [2.45, 2.75) is 13.0 Å². The predicted octanol–water partition coefficient (Wildman–Crippen LogP) is 3.66. The van der Waals surface area contributed by atoms with E-state index in [1.54, 1.807) is 31.1 Å². The van der Waals surface area contributed by atoms with Gasteiger partial charge in [0.05, 0.1) is 37.8 Å². The molecule has 1 saturated heterocycles. The molecule has 160 valence electrons. The Labute approximate surface area is 184 Å². The predicted molar refractivity (Wildman–Crippen MR) is 119 cm³/mol. The average Bonchev–Trinajstić information content (AvgIpc) is 3.18. The number of fused-ring (bicyclic) bond motifs is 1. The Morgan fingerprint density at radius 3 is 2.58 bits per heavy atom. The number of para-hydroxylation sites is 1. The first-order valence-corrected chi connectivity index (χ1v) is 10.8. The SMILES string of the molecule is CCOC(=O)C1=C(c2ccccc2)N=C2SCC(=O)N2[C@@H]1c1cccc(OC)c1OC. The normalized spacial score (nSPS) is 17.9. The number of ether oxygens (including phenoxy) is 3. The summed E-state index contributed by atoms with van der Waals surface area (Å²) in [7, 11) is 3.08. The van der Waals surface area contributed by atoms with E-state index in [9.17, 15) is 9.59 Å². The third-order valence-corrected chi connectivity index (χ3v) is 6.00. The molecule has 4 rings (SSSR count). The van der Waals surface area contributed by atoms with Gasteiger partial charge in [-0.05, 0) is 13.0 Å². The second-order valence-corrected chi connectivity index (χ2v) is 7.72. The number of rotatable bonds is 6. The van der Waals surface area contributed by atoms with Crippen LogP contribution in [0.15, 0.2) is 59.1 Å². The molecule has 0 bridgehead atoms. The summed E-state index contributed by atoms with van der Waals surface area (Å²) < 4.78 is 16.5. The van der Waals surface area contributed by atoms with Crippen LogP contribution in [0.3, 0.4) is 0 Å². The topological polar surface area (TPSA) is 77.4 Å². The van der Waals surface area contributed by atoms with Crippen molar-refractivity contribution in [3.63, 3.8) is 0 Å². The van der Waals surface area contributed by atoms with E-state index in [0.29, 0.717) is 33.5 Å². The number of benzene rings is 2. The number of hydrogen-bond acceptors (Lipinski definition) is 7. The van der Waals surface area contributed by atoms with Crippen molar-refractivity contribution in [2.75, 3.05) is 26.6 Å². The number of carbonyl (C=O) groups excluding carboxylic acids is 2. The van der Waals surface area contributed by atoms with Crippen molar-refractivity contribution in [1.82, 2.24) is 4.90 Å². The van der Waals surface area contributed by atoms with Crippen LogP contribution in [0.25, 0.3) is 5.70 Å². The van der Waals surface area contributed by atoms with Gasteiger partial charge in [-0.15, -0.1) is 0 Å². The minimum Gasteiger partial charge on any atom is -0.493 e. The zero-order valence-electron chi connectivity index (χ0n) is 17.5. The quantitative estimate of drug-likeness (QED) is 0.641. The van der Waals surface area contributed by atoms with Gasteiger partial charge in [-0.1, -0.05) is 54.2 Å². The second kappa shape index (κ2) is 8.85. The molecule has 8 heteroatoms. The number of thioether (sulfide) groups is 1. The van der Waals surface area contributed by atoms with Crippen LogP contribution in [0.4, 0.5) is 0 Å². The molecule has 0 aromatic heterocycles. The molecule has 1 fully saturated rings. The van der Waals surface area contributed by atoms with Crippen molar-refractivity contribution in [3.8, 4) is 11.5 Å². The van der Waals surface area contributed by atoms with Gasteiger partial charge in [-0.2, -0.15) is 0 Å². The zero-order chi connectivity index (χ0) is 22.0. The maximum absolute atomic E-state index is 13.2. The van der Waals surface area contributed by atoms with Crippen LogP contribution < -0.4 is 9.47 Å². The Bertz CT molecular complexity index is 1080. The van der Waals surface area contributed by atoms with Crippen LogP contribution in [0.5, 0.6) is 11.5 Å². The average molecular weight is 439 g/mol. The molecule has 2 aliphatic heterocycles. The molecule has 0 radical (unpaired) electrons. The molecule has 1 atom stereocenters. The Morgan fingerprint density at radius 1 is 1.13 bits per heavy atom. The van der Waals surface area contributed by atoms with E-state index in [1.807, 2.05) is 36.4 Å². The second-order valence-electron chi connectivity index (χ2n) is 6.78. The highest BCUT2D eigenvalue weighted by atomic mass is 32.2. The Hall–Kier alpha value is -3.26. The van der Waals surface area contributed by atoms with Gasteiger partial charge in [0, 0.05) is 11.1 Å². The highest BCUT2D eigenvalue weighted by molar-refractivity contribution is 8.15. The molecule has 2 aromatic rings. The summed E-state index contributed by atoms with van der Waals surface area (Å²) in [6.45, 7) is 1.95. The molecular formula is C23H22N2O5S. The van der Waals surface area contributed by atoms with Crippen molar-refractivity contribution in [2.24, 2.45) is 4.99 Å². The molecule has 0 unspecified atom stereocenters. The van der Waals surface area contributed by atoms with Crippen molar-refractivity contribution < 1.29 is 23.8 Å². The van der Waals surface area contributed by atoms with Crippen molar-refractivity contribution in [1.29, 1.82) is 0 Å². The zero-order valence-corrected chi connectivity index (χ0v) is 18.3. The highest BCUT2D eigenvalue weighted by Gasteiger charge is 2.45. The van der Waals surface area contributed by atoms with E-state index in [1.165, 1.54) is 18.9 Å². The monoisotopic (exact) mass is 438 g/mol. The Balaban J connectivity index is 2.02. The molecule has 0 spiro atoms. The summed E-state index contributed by atoms with van der Waals surface area (Å²) in [5, 5.41) is 0.548. The summed E-state index contributed by atoms with van der Waals surface area (Å²) in [5.74, 6) is 0.555. The molecule has 31 heavy (non-hydrogen) atoms. The van der Waals surface area contributed by atoms with Crippen molar-refractivity contribution >= 4 is 34.5 Å². The number of esters is 1. The van der Waals surface area contributed by atoms with E-state index >= 15 is 0 Å². The third kappa shape index (κ3) is 3.67. The lowest BCUT2D eigenvalue weighted by molar-refractivity contribution is -0.139. The maximum Gasteiger partial charge on any atom is 0.338 e. The fraction of sp³-hybridized carbons (Fsp3) is 0.261. The van der Waals surface area contributed by atoms with Gasteiger partial charge in [-0.25, -0.2) is 9.79 Å². The van der Waals surface area contributed by atoms with Gasteiger partial charge in [0.2, 0.25) is 5.91 Å². The number of nitrogens with zero attached hydrogens (tertiary/aromatic N) is 2. The molecule has 2 heterocycles. The summed E-state index contributed by atoms with van der Waals surface area (Å²) in [6.07, 6.45) is 0. The summed E-state index contributed by atoms with van der Waals surface area (Å²) in [5.41, 5.74) is 2.17. The Kier molecular flexibility index (Phi) is 5.99. The number of hydrogen-bond donors (Lipinski definition) is 0. The molecule has 0 saturated carbocycles. The minimum atomic E-state index is -0.755. The van der Waals surface area contributed by atoms with Gasteiger partial charge >= 0.3 is 5.97 Å². The fourth-order valence-corrected chi connectivity index (χ4v) is 4.68. The van der Waals surface area contributed by atoms with Gasteiger partial charge in [-0.3, -0.25) is 9.69 Å². The first-order chi connectivity index (χ1) is 15.1. The summed E-state index contributed by atoms with van der Waals surface area (Å²) in [4.78, 5) is 32.4. The van der Waals surface area contributed by atoms with E-state index < -0.39 is 12.0 Å². The number of amides is 1. The molecule has 0 aliphatic carbocycles. The fourth-order valence-electron chi connectivity index (χ4n) is 3.78.